The highest BCUT2D eigenvalue weighted by Crippen LogP contribution is 2.18. The summed E-state index contributed by atoms with van der Waals surface area (Å²) in [5.74, 6) is 0.839. The molecule has 1 N–H and O–H groups in total. The van der Waals surface area contributed by atoms with E-state index in [0.717, 1.165) is 4.47 Å². The van der Waals surface area contributed by atoms with Gasteiger partial charge in [-0.05, 0) is 12.1 Å². The van der Waals surface area contributed by atoms with Crippen molar-refractivity contribution in [1.29, 1.82) is 0 Å². The number of pyridine rings is 1. The molecule has 0 fully saturated rings. The molecule has 7 heteroatoms. The predicted molar refractivity (Wildman–Crippen MR) is 69.8 cm³/mol. The number of hydrogen-bond acceptors (Lipinski definition) is 5. The average molecular weight is 311 g/mol. The fourth-order valence-electron chi connectivity index (χ4n) is 1.39. The first kappa shape index (κ1) is 12.6. The zero-order valence-electron chi connectivity index (χ0n) is 9.85. The fourth-order valence-corrected chi connectivity index (χ4v) is 1.73. The van der Waals surface area contributed by atoms with E-state index in [4.69, 9.17) is 0 Å². The van der Waals surface area contributed by atoms with Crippen LogP contribution in [0, 0.1) is 0 Å². The van der Waals surface area contributed by atoms with Crippen molar-refractivity contribution in [2.45, 2.75) is 0 Å². The number of hydrogen-bond donors (Lipinski definition) is 1. The molecule has 2 aromatic rings. The third-order valence-electron chi connectivity index (χ3n) is 2.25. The minimum atomic E-state index is -0.471. The van der Waals surface area contributed by atoms with Crippen LogP contribution >= 0.6 is 15.9 Å². The lowest BCUT2D eigenvalue weighted by Gasteiger charge is -2.04. The van der Waals surface area contributed by atoms with Gasteiger partial charge in [0.2, 0.25) is 0 Å². The van der Waals surface area contributed by atoms with E-state index in [0.29, 0.717) is 11.6 Å². The Morgan fingerprint density at radius 2 is 2.28 bits per heavy atom. The van der Waals surface area contributed by atoms with Crippen molar-refractivity contribution in [3.8, 4) is 0 Å². The Kier molecular flexibility index (Phi) is 3.61. The smallest absolute Gasteiger partial charge is 0.358 e. The van der Waals surface area contributed by atoms with Crippen molar-refractivity contribution >= 4 is 33.5 Å². The van der Waals surface area contributed by atoms with Gasteiger partial charge < -0.3 is 10.1 Å². The molecule has 2 rings (SSSR count). The maximum absolute atomic E-state index is 11.3. The molecule has 0 spiro atoms. The summed E-state index contributed by atoms with van der Waals surface area (Å²) in [6.45, 7) is 0. The quantitative estimate of drug-likeness (QED) is 0.879. The summed E-state index contributed by atoms with van der Waals surface area (Å²) < 4.78 is 7.07. The molecule has 0 aliphatic rings. The van der Waals surface area contributed by atoms with Gasteiger partial charge in [0, 0.05) is 23.8 Å². The molecule has 2 aromatic heterocycles. The Bertz CT molecular complexity index is 582. The van der Waals surface area contributed by atoms with E-state index in [-0.39, 0.29) is 5.69 Å². The minimum absolute atomic E-state index is 0.248. The molecule has 0 atom stereocenters. The summed E-state index contributed by atoms with van der Waals surface area (Å²) in [6.07, 6.45) is 1.67. The number of carbonyl (C=O) groups excluding carboxylic acids is 1. The summed E-state index contributed by atoms with van der Waals surface area (Å²) in [5.41, 5.74) is 0.248. The van der Waals surface area contributed by atoms with E-state index in [1.165, 1.54) is 7.11 Å². The number of aryl methyl sites for hydroxylation is 1. The van der Waals surface area contributed by atoms with Crippen LogP contribution in [0.15, 0.2) is 28.9 Å². The van der Waals surface area contributed by atoms with Crippen molar-refractivity contribution in [3.05, 3.63) is 34.6 Å². The van der Waals surface area contributed by atoms with Crippen LogP contribution < -0.4 is 5.32 Å². The van der Waals surface area contributed by atoms with Gasteiger partial charge in [-0.3, -0.25) is 4.68 Å². The third-order valence-corrected chi connectivity index (χ3v) is 2.75. The van der Waals surface area contributed by atoms with Gasteiger partial charge >= 0.3 is 5.97 Å². The SMILES string of the molecule is COC(=O)c1cc(Nc2cc(Br)ccn2)n(C)n1. The van der Waals surface area contributed by atoms with Gasteiger partial charge in [-0.1, -0.05) is 15.9 Å². The molecular weight excluding hydrogens is 300 g/mol. The lowest BCUT2D eigenvalue weighted by Crippen LogP contribution is -2.03. The van der Waals surface area contributed by atoms with Crippen LogP contribution in [0.25, 0.3) is 0 Å². The maximum atomic E-state index is 11.3. The van der Waals surface area contributed by atoms with Crippen molar-refractivity contribution in [2.24, 2.45) is 7.05 Å². The molecule has 0 saturated heterocycles. The van der Waals surface area contributed by atoms with E-state index < -0.39 is 5.97 Å². The normalized spacial score (nSPS) is 10.2. The topological polar surface area (TPSA) is 69.0 Å². The fraction of sp³-hybridized carbons (Fsp3) is 0.182. The number of anilines is 2. The first-order valence-electron chi connectivity index (χ1n) is 5.11. The monoisotopic (exact) mass is 310 g/mol. The van der Waals surface area contributed by atoms with E-state index in [9.17, 15) is 4.79 Å². The average Bonchev–Trinajstić information content (AvgIpc) is 2.70. The molecule has 0 unspecified atom stereocenters. The van der Waals surface area contributed by atoms with E-state index in [1.54, 1.807) is 24.0 Å². The summed E-state index contributed by atoms with van der Waals surface area (Å²) in [7, 11) is 3.05. The summed E-state index contributed by atoms with van der Waals surface area (Å²) >= 11 is 3.36. The van der Waals surface area contributed by atoms with Gasteiger partial charge in [-0.15, -0.1) is 0 Å². The van der Waals surface area contributed by atoms with Crippen LogP contribution in [0.5, 0.6) is 0 Å². The summed E-state index contributed by atoms with van der Waals surface area (Å²) in [6, 6.07) is 5.26. The zero-order chi connectivity index (χ0) is 13.1. The van der Waals surface area contributed by atoms with E-state index in [2.05, 4.69) is 36.1 Å². The maximum Gasteiger partial charge on any atom is 0.358 e. The molecule has 0 aromatic carbocycles. The van der Waals surface area contributed by atoms with E-state index in [1.807, 2.05) is 12.1 Å². The second-order valence-corrected chi connectivity index (χ2v) is 4.43. The number of nitrogens with zero attached hydrogens (tertiary/aromatic N) is 3. The number of carbonyl (C=O) groups is 1. The third kappa shape index (κ3) is 2.67. The van der Waals surface area contributed by atoms with E-state index >= 15 is 0 Å². The summed E-state index contributed by atoms with van der Waals surface area (Å²) in [5, 5.41) is 7.10. The molecule has 0 bridgehead atoms. The van der Waals surface area contributed by atoms with Gasteiger partial charge in [0.25, 0.3) is 0 Å². The number of esters is 1. The first-order chi connectivity index (χ1) is 8.60. The highest BCUT2D eigenvalue weighted by atomic mass is 79.9. The highest BCUT2D eigenvalue weighted by Gasteiger charge is 2.13. The molecule has 0 saturated carbocycles. The Morgan fingerprint density at radius 1 is 1.50 bits per heavy atom. The van der Waals surface area contributed by atoms with Gasteiger partial charge in [0.15, 0.2) is 5.69 Å². The number of nitrogens with one attached hydrogen (secondary N) is 1. The Hall–Kier alpha value is -1.89. The van der Waals surface area contributed by atoms with Crippen LogP contribution in [0.2, 0.25) is 0 Å². The molecule has 0 aliphatic carbocycles. The molecule has 2 heterocycles. The molecule has 94 valence electrons. The minimum Gasteiger partial charge on any atom is -0.464 e. The second kappa shape index (κ2) is 5.18. The first-order valence-corrected chi connectivity index (χ1v) is 5.90. The van der Waals surface area contributed by atoms with Crippen LogP contribution in [0.4, 0.5) is 11.6 Å². The van der Waals surface area contributed by atoms with Crippen LogP contribution in [-0.4, -0.2) is 27.8 Å². The lowest BCUT2D eigenvalue weighted by molar-refractivity contribution is 0.0593. The Morgan fingerprint density at radius 3 is 2.94 bits per heavy atom. The number of aromatic nitrogens is 3. The number of halogens is 1. The Labute approximate surface area is 112 Å². The van der Waals surface area contributed by atoms with Crippen molar-refractivity contribution in [1.82, 2.24) is 14.8 Å². The number of rotatable bonds is 3. The molecule has 18 heavy (non-hydrogen) atoms. The van der Waals surface area contributed by atoms with Crippen LogP contribution in [0.3, 0.4) is 0 Å². The highest BCUT2D eigenvalue weighted by molar-refractivity contribution is 9.10. The van der Waals surface area contributed by atoms with Crippen LogP contribution in [-0.2, 0) is 11.8 Å². The largest absolute Gasteiger partial charge is 0.464 e. The predicted octanol–water partition coefficient (Wildman–Crippen LogP) is 2.11. The standard InChI is InChI=1S/C11H11BrN4O2/c1-16-10(6-8(15-16)11(17)18-2)14-9-5-7(12)3-4-13-9/h3-6H,1-2H3,(H,13,14). The molecule has 0 radical (unpaired) electrons. The van der Waals surface area contributed by atoms with Crippen molar-refractivity contribution in [2.75, 3.05) is 12.4 Å². The second-order valence-electron chi connectivity index (χ2n) is 3.51. The Balaban J connectivity index is 2.24. The molecule has 0 amide bonds. The number of methoxy groups -OCH3 is 1. The van der Waals surface area contributed by atoms with Gasteiger partial charge in [-0.25, -0.2) is 9.78 Å². The molecule has 6 nitrogen and oxygen atoms in total. The molecular formula is C11H11BrN4O2. The van der Waals surface area contributed by atoms with Crippen LogP contribution in [0.1, 0.15) is 10.5 Å². The van der Waals surface area contributed by atoms with Gasteiger partial charge in [0.05, 0.1) is 7.11 Å². The van der Waals surface area contributed by atoms with Crippen molar-refractivity contribution in [3.63, 3.8) is 0 Å². The lowest BCUT2D eigenvalue weighted by atomic mass is 10.4. The van der Waals surface area contributed by atoms with Gasteiger partial charge in [-0.2, -0.15) is 5.10 Å². The summed E-state index contributed by atoms with van der Waals surface area (Å²) in [4.78, 5) is 15.5. The van der Waals surface area contributed by atoms with Crippen molar-refractivity contribution < 1.29 is 9.53 Å². The number of ether oxygens (including phenoxy) is 1. The molecule has 0 aliphatic heterocycles. The van der Waals surface area contributed by atoms with Gasteiger partial charge in [0.1, 0.15) is 11.6 Å². The zero-order valence-corrected chi connectivity index (χ0v) is 11.4.